The summed E-state index contributed by atoms with van der Waals surface area (Å²) in [4.78, 5) is 0. The number of rotatable bonds is 6. The van der Waals surface area contributed by atoms with E-state index in [1.54, 1.807) is 25.2 Å². The number of methoxy groups -OCH3 is 1. The summed E-state index contributed by atoms with van der Waals surface area (Å²) in [5.41, 5.74) is 6.70. The standard InChI is InChI=1S/C12H20N2O3/c1-14-6-5-10(15)12(16)9-7-8(13)3-4-11(9)17-2/h3-4,7,10,12,14-16H,5-6,13H2,1-2H3. The monoisotopic (exact) mass is 240 g/mol. The van der Waals surface area contributed by atoms with Crippen LogP contribution in [0.25, 0.3) is 0 Å². The third kappa shape index (κ3) is 3.59. The van der Waals surface area contributed by atoms with Gasteiger partial charge in [-0.3, -0.25) is 0 Å². The first-order valence-electron chi connectivity index (χ1n) is 5.54. The Bertz CT molecular complexity index is 358. The van der Waals surface area contributed by atoms with Crippen molar-refractivity contribution in [2.45, 2.75) is 18.6 Å². The van der Waals surface area contributed by atoms with Crippen LogP contribution in [0.5, 0.6) is 5.75 Å². The SMILES string of the molecule is CNCCC(O)C(O)c1cc(N)ccc1OC. The molecule has 0 aromatic heterocycles. The van der Waals surface area contributed by atoms with Crippen LogP contribution in [-0.4, -0.2) is 37.0 Å². The van der Waals surface area contributed by atoms with Crippen LogP contribution in [0.15, 0.2) is 18.2 Å². The highest BCUT2D eigenvalue weighted by molar-refractivity contribution is 5.49. The van der Waals surface area contributed by atoms with Crippen molar-refractivity contribution in [1.82, 2.24) is 5.32 Å². The summed E-state index contributed by atoms with van der Waals surface area (Å²) in [5, 5.41) is 22.8. The number of nitrogens with two attached hydrogens (primary N) is 1. The Morgan fingerprint density at radius 3 is 2.71 bits per heavy atom. The van der Waals surface area contributed by atoms with Crippen molar-refractivity contribution in [2.75, 3.05) is 26.4 Å². The van der Waals surface area contributed by atoms with E-state index in [1.807, 2.05) is 0 Å². The molecule has 1 aromatic rings. The second kappa shape index (κ2) is 6.44. The van der Waals surface area contributed by atoms with Gasteiger partial charge in [0.25, 0.3) is 0 Å². The molecule has 17 heavy (non-hydrogen) atoms. The van der Waals surface area contributed by atoms with E-state index in [1.165, 1.54) is 7.11 Å². The highest BCUT2D eigenvalue weighted by Crippen LogP contribution is 2.29. The lowest BCUT2D eigenvalue weighted by molar-refractivity contribution is 0.0127. The first-order chi connectivity index (χ1) is 8.10. The zero-order valence-electron chi connectivity index (χ0n) is 10.2. The van der Waals surface area contributed by atoms with Gasteiger partial charge in [-0.2, -0.15) is 0 Å². The first kappa shape index (κ1) is 13.8. The zero-order valence-corrected chi connectivity index (χ0v) is 10.2. The van der Waals surface area contributed by atoms with Crippen LogP contribution in [0, 0.1) is 0 Å². The lowest BCUT2D eigenvalue weighted by atomic mass is 10.0. The molecule has 0 saturated carbocycles. The molecule has 5 nitrogen and oxygen atoms in total. The molecule has 0 radical (unpaired) electrons. The van der Waals surface area contributed by atoms with E-state index in [0.717, 1.165) is 0 Å². The molecule has 5 heteroatoms. The number of aliphatic hydroxyl groups excluding tert-OH is 2. The summed E-state index contributed by atoms with van der Waals surface area (Å²) in [6, 6.07) is 4.99. The van der Waals surface area contributed by atoms with Crippen LogP contribution in [0.1, 0.15) is 18.1 Å². The lowest BCUT2D eigenvalue weighted by Gasteiger charge is -2.20. The van der Waals surface area contributed by atoms with E-state index in [-0.39, 0.29) is 0 Å². The van der Waals surface area contributed by atoms with Gasteiger partial charge in [-0.15, -0.1) is 0 Å². The average Bonchev–Trinajstić information content (AvgIpc) is 2.34. The van der Waals surface area contributed by atoms with Crippen LogP contribution >= 0.6 is 0 Å². The minimum Gasteiger partial charge on any atom is -0.496 e. The number of hydrogen-bond donors (Lipinski definition) is 4. The number of nitrogen functional groups attached to an aromatic ring is 1. The maximum atomic E-state index is 10.0. The van der Waals surface area contributed by atoms with Gasteiger partial charge >= 0.3 is 0 Å². The molecule has 2 unspecified atom stereocenters. The molecule has 0 bridgehead atoms. The summed E-state index contributed by atoms with van der Waals surface area (Å²) >= 11 is 0. The van der Waals surface area contributed by atoms with E-state index in [0.29, 0.717) is 30.0 Å². The summed E-state index contributed by atoms with van der Waals surface area (Å²) < 4.78 is 5.13. The maximum absolute atomic E-state index is 10.0. The van der Waals surface area contributed by atoms with Gasteiger partial charge in [0.1, 0.15) is 11.9 Å². The summed E-state index contributed by atoms with van der Waals surface area (Å²) in [5.74, 6) is 0.523. The predicted molar refractivity (Wildman–Crippen MR) is 66.9 cm³/mol. The molecule has 5 N–H and O–H groups in total. The molecule has 1 rings (SSSR count). The van der Waals surface area contributed by atoms with E-state index < -0.39 is 12.2 Å². The average molecular weight is 240 g/mol. The number of aliphatic hydroxyl groups is 2. The van der Waals surface area contributed by atoms with Crippen molar-refractivity contribution in [1.29, 1.82) is 0 Å². The molecular formula is C12H20N2O3. The molecule has 1 aromatic carbocycles. The van der Waals surface area contributed by atoms with Crippen LogP contribution in [0.3, 0.4) is 0 Å². The van der Waals surface area contributed by atoms with Crippen LogP contribution in [0.4, 0.5) is 5.69 Å². The lowest BCUT2D eigenvalue weighted by Crippen LogP contribution is -2.23. The molecule has 0 fully saturated rings. The summed E-state index contributed by atoms with van der Waals surface area (Å²) in [6.07, 6.45) is -1.39. The molecule has 0 aliphatic heterocycles. The van der Waals surface area contributed by atoms with Gasteiger partial charge in [-0.05, 0) is 38.2 Å². The van der Waals surface area contributed by atoms with Crippen molar-refractivity contribution >= 4 is 5.69 Å². The Balaban J connectivity index is 2.86. The Morgan fingerprint density at radius 1 is 1.41 bits per heavy atom. The number of nitrogens with one attached hydrogen (secondary N) is 1. The van der Waals surface area contributed by atoms with Crippen molar-refractivity contribution in [3.05, 3.63) is 23.8 Å². The van der Waals surface area contributed by atoms with Crippen molar-refractivity contribution in [2.24, 2.45) is 0 Å². The van der Waals surface area contributed by atoms with Gasteiger partial charge in [-0.1, -0.05) is 0 Å². The number of ether oxygens (including phenoxy) is 1. The summed E-state index contributed by atoms with van der Waals surface area (Å²) in [6.45, 7) is 0.628. The van der Waals surface area contributed by atoms with Gasteiger partial charge in [-0.25, -0.2) is 0 Å². The molecule has 0 heterocycles. The smallest absolute Gasteiger partial charge is 0.124 e. The van der Waals surface area contributed by atoms with Gasteiger partial charge < -0.3 is 26.0 Å². The Hall–Kier alpha value is -1.30. The topological polar surface area (TPSA) is 87.7 Å². The molecule has 2 atom stereocenters. The fourth-order valence-electron chi connectivity index (χ4n) is 1.64. The second-order valence-corrected chi connectivity index (χ2v) is 3.91. The number of hydrogen-bond acceptors (Lipinski definition) is 5. The zero-order chi connectivity index (χ0) is 12.8. The third-order valence-electron chi connectivity index (χ3n) is 2.63. The van der Waals surface area contributed by atoms with Crippen LogP contribution in [0.2, 0.25) is 0 Å². The molecule has 0 spiro atoms. The number of benzene rings is 1. The minimum absolute atomic E-state index is 0.454. The molecule has 0 aliphatic carbocycles. The Kier molecular flexibility index (Phi) is 5.21. The van der Waals surface area contributed by atoms with Crippen LogP contribution < -0.4 is 15.8 Å². The van der Waals surface area contributed by atoms with Gasteiger partial charge in [0.05, 0.1) is 13.2 Å². The fourth-order valence-corrected chi connectivity index (χ4v) is 1.64. The fraction of sp³-hybridized carbons (Fsp3) is 0.500. The first-order valence-corrected chi connectivity index (χ1v) is 5.54. The van der Waals surface area contributed by atoms with Crippen molar-refractivity contribution in [3.8, 4) is 5.75 Å². The molecule has 0 saturated heterocycles. The quantitative estimate of drug-likeness (QED) is 0.536. The minimum atomic E-state index is -0.998. The van der Waals surface area contributed by atoms with Crippen molar-refractivity contribution < 1.29 is 14.9 Å². The molecule has 96 valence electrons. The van der Waals surface area contributed by atoms with E-state index in [9.17, 15) is 10.2 Å². The number of anilines is 1. The normalized spacial score (nSPS) is 14.4. The maximum Gasteiger partial charge on any atom is 0.124 e. The van der Waals surface area contributed by atoms with Gasteiger partial charge in [0.2, 0.25) is 0 Å². The van der Waals surface area contributed by atoms with Crippen LogP contribution in [-0.2, 0) is 0 Å². The Morgan fingerprint density at radius 2 is 2.12 bits per heavy atom. The van der Waals surface area contributed by atoms with Crippen molar-refractivity contribution in [3.63, 3.8) is 0 Å². The van der Waals surface area contributed by atoms with E-state index in [2.05, 4.69) is 5.32 Å². The van der Waals surface area contributed by atoms with E-state index in [4.69, 9.17) is 10.5 Å². The van der Waals surface area contributed by atoms with E-state index >= 15 is 0 Å². The molecular weight excluding hydrogens is 220 g/mol. The highest BCUT2D eigenvalue weighted by Gasteiger charge is 2.21. The Labute approximate surface area is 101 Å². The second-order valence-electron chi connectivity index (χ2n) is 3.91. The molecule has 0 aliphatic rings. The highest BCUT2D eigenvalue weighted by atomic mass is 16.5. The molecule has 0 amide bonds. The van der Waals surface area contributed by atoms with Gasteiger partial charge in [0.15, 0.2) is 0 Å². The summed E-state index contributed by atoms with van der Waals surface area (Å²) in [7, 11) is 3.31. The third-order valence-corrected chi connectivity index (χ3v) is 2.63. The predicted octanol–water partition coefficient (Wildman–Crippen LogP) is 0.281. The van der Waals surface area contributed by atoms with Gasteiger partial charge in [0, 0.05) is 11.3 Å². The largest absolute Gasteiger partial charge is 0.496 e.